The van der Waals surface area contributed by atoms with Crippen molar-refractivity contribution >= 4 is 39.9 Å². The highest BCUT2D eigenvalue weighted by atomic mass is 16.4. The number of nitrogens with one attached hydrogen (secondary N) is 1. The molecule has 4 N–H and O–H groups in total. The van der Waals surface area contributed by atoms with Crippen LogP contribution in [-0.2, 0) is 16.0 Å². The maximum atomic E-state index is 12.9. The summed E-state index contributed by atoms with van der Waals surface area (Å²) in [5, 5.41) is 11.8. The zero-order valence-electron chi connectivity index (χ0n) is 17.4. The van der Waals surface area contributed by atoms with Gasteiger partial charge in [-0.05, 0) is 50.5 Å². The van der Waals surface area contributed by atoms with Crippen LogP contribution in [0.3, 0.4) is 0 Å². The predicted octanol–water partition coefficient (Wildman–Crippen LogP) is 2.74. The van der Waals surface area contributed by atoms with E-state index in [4.69, 9.17) is 10.7 Å². The van der Waals surface area contributed by atoms with Gasteiger partial charge < -0.3 is 16.2 Å². The molecule has 0 radical (unpaired) electrons. The molecule has 0 saturated heterocycles. The number of aromatic nitrogens is 2. The van der Waals surface area contributed by atoms with Crippen molar-refractivity contribution in [3.05, 3.63) is 59.2 Å². The number of carbonyl (C=O) groups excluding carboxylic acids is 2. The molecule has 8 nitrogen and oxygen atoms in total. The molecule has 8 heteroatoms. The summed E-state index contributed by atoms with van der Waals surface area (Å²) in [5.74, 6) is -2.47. The van der Waals surface area contributed by atoms with Gasteiger partial charge in [-0.15, -0.1) is 0 Å². The Morgan fingerprint density at radius 1 is 1.06 bits per heavy atom. The van der Waals surface area contributed by atoms with Gasteiger partial charge >= 0.3 is 5.97 Å². The number of allylic oxidation sites excluding steroid dienone is 2. The molecule has 3 rings (SSSR count). The highest BCUT2D eigenvalue weighted by molar-refractivity contribution is 6.07. The first-order valence-electron chi connectivity index (χ1n) is 9.90. The van der Waals surface area contributed by atoms with Crippen molar-refractivity contribution in [1.82, 2.24) is 15.3 Å². The van der Waals surface area contributed by atoms with Crippen LogP contribution in [0.15, 0.2) is 48.0 Å². The predicted molar refractivity (Wildman–Crippen MR) is 117 cm³/mol. The standard InChI is InChI=1S/C23H24N4O4/c1-13(2)9-10-14-5-3-7-16-20(14)27-21-15(6-4-8-17(21)25-16)22(29)26-18(23(30)31)11-12-19(24)28/h3-9,18H,10-12H2,1-2H3,(H2,24,28)(H,26,29)(H,30,31)/t18-/m0/s1. The van der Waals surface area contributed by atoms with Crippen LogP contribution in [0.5, 0.6) is 0 Å². The van der Waals surface area contributed by atoms with Crippen molar-refractivity contribution in [2.45, 2.75) is 39.2 Å². The van der Waals surface area contributed by atoms with Gasteiger partial charge in [0.1, 0.15) is 11.6 Å². The third-order valence-electron chi connectivity index (χ3n) is 4.84. The van der Waals surface area contributed by atoms with Gasteiger partial charge in [-0.1, -0.05) is 29.8 Å². The van der Waals surface area contributed by atoms with Crippen molar-refractivity contribution in [1.29, 1.82) is 0 Å². The molecule has 2 amide bonds. The van der Waals surface area contributed by atoms with Crippen LogP contribution in [0.4, 0.5) is 0 Å². The van der Waals surface area contributed by atoms with Crippen LogP contribution in [-0.4, -0.2) is 38.9 Å². The molecule has 0 bridgehead atoms. The fraction of sp³-hybridized carbons (Fsp3) is 0.261. The molecule has 1 atom stereocenters. The Balaban J connectivity index is 2.03. The van der Waals surface area contributed by atoms with E-state index in [0.29, 0.717) is 23.0 Å². The van der Waals surface area contributed by atoms with E-state index in [1.165, 1.54) is 5.57 Å². The van der Waals surface area contributed by atoms with Gasteiger partial charge in [-0.25, -0.2) is 14.8 Å². The molecule has 1 aromatic heterocycles. The number of hydrogen-bond donors (Lipinski definition) is 3. The number of benzene rings is 2. The van der Waals surface area contributed by atoms with Crippen molar-refractivity contribution in [3.8, 4) is 0 Å². The summed E-state index contributed by atoms with van der Waals surface area (Å²) in [6.45, 7) is 4.04. The minimum absolute atomic E-state index is 0.0946. The Kier molecular flexibility index (Phi) is 6.59. The molecule has 0 fully saturated rings. The van der Waals surface area contributed by atoms with E-state index < -0.39 is 23.8 Å². The first-order valence-corrected chi connectivity index (χ1v) is 9.90. The molecular weight excluding hydrogens is 396 g/mol. The second-order valence-electron chi connectivity index (χ2n) is 7.54. The molecule has 0 aliphatic heterocycles. The number of fused-ring (bicyclic) bond motifs is 2. The lowest BCUT2D eigenvalue weighted by Gasteiger charge is -2.15. The summed E-state index contributed by atoms with van der Waals surface area (Å²) in [5.41, 5.74) is 9.80. The highest BCUT2D eigenvalue weighted by Crippen LogP contribution is 2.23. The maximum absolute atomic E-state index is 12.9. The van der Waals surface area contributed by atoms with Crippen LogP contribution < -0.4 is 11.1 Å². The first kappa shape index (κ1) is 21.9. The summed E-state index contributed by atoms with van der Waals surface area (Å²) in [7, 11) is 0. The van der Waals surface area contributed by atoms with Gasteiger partial charge in [-0.2, -0.15) is 0 Å². The van der Waals surface area contributed by atoms with Crippen LogP contribution >= 0.6 is 0 Å². The molecule has 160 valence electrons. The summed E-state index contributed by atoms with van der Waals surface area (Å²) < 4.78 is 0. The minimum Gasteiger partial charge on any atom is -0.480 e. The third kappa shape index (κ3) is 5.22. The number of primary amides is 1. The Hall–Kier alpha value is -3.81. The molecule has 0 aliphatic carbocycles. The van der Waals surface area contributed by atoms with Crippen LogP contribution in [0.1, 0.15) is 42.6 Å². The van der Waals surface area contributed by atoms with E-state index in [-0.39, 0.29) is 18.4 Å². The van der Waals surface area contributed by atoms with E-state index in [9.17, 15) is 19.5 Å². The van der Waals surface area contributed by atoms with Gasteiger partial charge in [0.25, 0.3) is 5.91 Å². The van der Waals surface area contributed by atoms with Crippen molar-refractivity contribution in [2.75, 3.05) is 0 Å². The molecule has 0 spiro atoms. The topological polar surface area (TPSA) is 135 Å². The number of carboxylic acid groups (broad SMARTS) is 1. The summed E-state index contributed by atoms with van der Waals surface area (Å²) in [4.78, 5) is 44.7. The number of hydrogen-bond acceptors (Lipinski definition) is 5. The fourth-order valence-electron chi connectivity index (χ4n) is 3.22. The summed E-state index contributed by atoms with van der Waals surface area (Å²) in [6.07, 6.45) is 2.53. The summed E-state index contributed by atoms with van der Waals surface area (Å²) >= 11 is 0. The minimum atomic E-state index is -1.24. The Morgan fingerprint density at radius 3 is 2.39 bits per heavy atom. The monoisotopic (exact) mass is 420 g/mol. The van der Waals surface area contributed by atoms with E-state index >= 15 is 0 Å². The largest absolute Gasteiger partial charge is 0.480 e. The molecule has 2 aromatic carbocycles. The number of nitrogens with two attached hydrogens (primary N) is 1. The lowest BCUT2D eigenvalue weighted by atomic mass is 10.1. The van der Waals surface area contributed by atoms with Crippen LogP contribution in [0, 0.1) is 0 Å². The molecule has 3 aromatic rings. The average Bonchev–Trinajstić information content (AvgIpc) is 2.72. The van der Waals surface area contributed by atoms with E-state index in [0.717, 1.165) is 11.1 Å². The number of carbonyl (C=O) groups is 3. The number of amides is 2. The molecule has 0 saturated carbocycles. The van der Waals surface area contributed by atoms with Crippen molar-refractivity contribution in [3.63, 3.8) is 0 Å². The summed E-state index contributed by atoms with van der Waals surface area (Å²) in [6, 6.07) is 9.51. The molecular formula is C23H24N4O4. The number of nitrogens with zero attached hydrogens (tertiary/aromatic N) is 2. The quantitative estimate of drug-likeness (QED) is 0.379. The van der Waals surface area contributed by atoms with E-state index in [1.807, 2.05) is 32.0 Å². The smallest absolute Gasteiger partial charge is 0.326 e. The second kappa shape index (κ2) is 9.34. The molecule has 0 aliphatic rings. The average molecular weight is 420 g/mol. The molecule has 1 heterocycles. The molecule has 0 unspecified atom stereocenters. The highest BCUT2D eigenvalue weighted by Gasteiger charge is 2.23. The van der Waals surface area contributed by atoms with Gasteiger partial charge in [0.15, 0.2) is 0 Å². The normalized spacial score (nSPS) is 11.8. The SMILES string of the molecule is CC(C)=CCc1cccc2nc3cccc(C(=O)N[C@@H](CCC(N)=O)C(=O)O)c3nc12. The Labute approximate surface area is 179 Å². The van der Waals surface area contributed by atoms with Crippen LogP contribution in [0.2, 0.25) is 0 Å². The van der Waals surface area contributed by atoms with Gasteiger partial charge in [0.05, 0.1) is 22.1 Å². The van der Waals surface area contributed by atoms with Crippen LogP contribution in [0.25, 0.3) is 22.1 Å². The molecule has 31 heavy (non-hydrogen) atoms. The lowest BCUT2D eigenvalue weighted by molar-refractivity contribution is -0.139. The van der Waals surface area contributed by atoms with Gasteiger partial charge in [0.2, 0.25) is 5.91 Å². The number of para-hydroxylation sites is 2. The zero-order valence-corrected chi connectivity index (χ0v) is 17.4. The Morgan fingerprint density at radius 2 is 1.74 bits per heavy atom. The van der Waals surface area contributed by atoms with Gasteiger partial charge in [-0.3, -0.25) is 9.59 Å². The lowest BCUT2D eigenvalue weighted by Crippen LogP contribution is -2.41. The fourth-order valence-corrected chi connectivity index (χ4v) is 3.22. The maximum Gasteiger partial charge on any atom is 0.326 e. The zero-order chi connectivity index (χ0) is 22.5. The van der Waals surface area contributed by atoms with Crippen molar-refractivity contribution < 1.29 is 19.5 Å². The Bertz CT molecular complexity index is 1200. The number of aliphatic carboxylic acids is 1. The number of rotatable bonds is 8. The van der Waals surface area contributed by atoms with E-state index in [1.54, 1.807) is 18.2 Å². The third-order valence-corrected chi connectivity index (χ3v) is 4.84. The first-order chi connectivity index (χ1) is 14.8. The van der Waals surface area contributed by atoms with Crippen molar-refractivity contribution in [2.24, 2.45) is 5.73 Å². The number of carboxylic acids is 1. The second-order valence-corrected chi connectivity index (χ2v) is 7.54. The van der Waals surface area contributed by atoms with Gasteiger partial charge in [0, 0.05) is 6.42 Å². The van der Waals surface area contributed by atoms with E-state index in [2.05, 4.69) is 16.4 Å².